The first-order valence-electron chi connectivity index (χ1n) is 34.0. The molecule has 0 radical (unpaired) electrons. The third-order valence-corrected chi connectivity index (χ3v) is 17.1. The van der Waals surface area contributed by atoms with Crippen molar-refractivity contribution in [1.82, 2.24) is 76.0 Å². The van der Waals surface area contributed by atoms with Gasteiger partial charge in [-0.2, -0.15) is 26.0 Å². The number of aromatic hydroxyl groups is 1. The van der Waals surface area contributed by atoms with Crippen molar-refractivity contribution >= 4 is 88.4 Å². The zero-order chi connectivity index (χ0) is 89.5. The number of H-pyrrole nitrogens is 1. The molecule has 5 aromatic carbocycles. The number of carbonyl (C=O) groups is 4. The summed E-state index contributed by atoms with van der Waals surface area (Å²) in [5.74, 6) is -27.0. The minimum Gasteiger partial charge on any atom is -0.503 e. The highest BCUT2D eigenvalue weighted by Crippen LogP contribution is 2.32. The molecule has 0 fully saturated rings. The largest absolute Gasteiger partial charge is 0.503 e. The van der Waals surface area contributed by atoms with Crippen molar-refractivity contribution in [3.63, 3.8) is 0 Å². The van der Waals surface area contributed by atoms with Gasteiger partial charge < -0.3 is 65.1 Å². The molecule has 12 rings (SSSR count). The molecule has 0 aliphatic heterocycles. The highest BCUT2D eigenvalue weighted by Gasteiger charge is 2.33. The second-order valence-corrected chi connectivity index (χ2v) is 29.5. The number of benzene rings is 5. The van der Waals surface area contributed by atoms with E-state index < -0.39 is 121 Å². The van der Waals surface area contributed by atoms with Crippen LogP contribution in [0.5, 0.6) is 11.5 Å². The fourth-order valence-corrected chi connectivity index (χ4v) is 10.5. The lowest BCUT2D eigenvalue weighted by molar-refractivity contribution is 0.0526. The number of carbonyl (C=O) groups excluding carboxylic acids is 3. The van der Waals surface area contributed by atoms with Gasteiger partial charge in [-0.1, -0.05) is 106 Å². The van der Waals surface area contributed by atoms with Crippen LogP contribution in [0.4, 0.5) is 48.7 Å². The van der Waals surface area contributed by atoms with E-state index in [1.54, 1.807) is 30.6 Å². The number of hydrogen-bond donors (Lipinski definition) is 9. The summed E-state index contributed by atoms with van der Waals surface area (Å²) in [6.45, 7) is 8.14. The maximum atomic E-state index is 13.3. The summed E-state index contributed by atoms with van der Waals surface area (Å²) in [5.41, 5.74) is 13.1. The van der Waals surface area contributed by atoms with Crippen LogP contribution in [0.15, 0.2) is 212 Å². The Morgan fingerprint density at radius 1 is 0.484 bits per heavy atom. The molecule has 0 saturated heterocycles. The Balaban J connectivity index is 0.000000301. The smallest absolute Gasteiger partial charge is 0.407 e. The van der Waals surface area contributed by atoms with Crippen molar-refractivity contribution in [2.45, 2.75) is 61.1 Å². The predicted molar refractivity (Wildman–Crippen MR) is 417 cm³/mol. The van der Waals surface area contributed by atoms with Crippen LogP contribution < -0.4 is 36.3 Å². The van der Waals surface area contributed by atoms with Crippen LogP contribution in [0.1, 0.15) is 71.5 Å². The average molecular weight is 1830 g/mol. The number of nitrogens with zero attached hydrogens (tertiary/aromatic N) is 10. The van der Waals surface area contributed by atoms with E-state index in [2.05, 4.69) is 92.4 Å². The van der Waals surface area contributed by atoms with Gasteiger partial charge in [-0.15, -0.1) is 12.4 Å². The molecule has 0 aliphatic carbocycles. The number of hydrogen-bond acceptors (Lipinski definition) is 29. The highest BCUT2D eigenvalue weighted by atomic mass is 35.7. The fraction of sp³-hybridized carbons (Fsp3) is 0.181. The van der Waals surface area contributed by atoms with Crippen molar-refractivity contribution in [2.24, 2.45) is 11.5 Å². The number of phenols is 1. The monoisotopic (exact) mass is 1830 g/mol. The normalized spacial score (nSPS) is 10.7. The minimum atomic E-state index is -4.96. The van der Waals surface area contributed by atoms with E-state index in [0.29, 0.717) is 54.7 Å². The number of carboxylic acids is 1. The lowest BCUT2D eigenvalue weighted by atomic mass is 10.1. The molecule has 122 heavy (non-hydrogen) atoms. The molecule has 12 aromatic rings. The third kappa shape index (κ3) is 33.8. The maximum absolute atomic E-state index is 13.3. The molecule has 50 heteroatoms. The van der Waals surface area contributed by atoms with Gasteiger partial charge in [0.2, 0.25) is 63.9 Å². The molecule has 0 unspecified atom stereocenters. The summed E-state index contributed by atoms with van der Waals surface area (Å²) < 4.78 is 221. The van der Waals surface area contributed by atoms with E-state index in [1.165, 1.54) is 49.1 Å². The van der Waals surface area contributed by atoms with E-state index in [-0.39, 0.29) is 64.9 Å². The van der Waals surface area contributed by atoms with Gasteiger partial charge in [0, 0.05) is 121 Å². The van der Waals surface area contributed by atoms with Gasteiger partial charge >= 0.3 is 22.2 Å². The van der Waals surface area contributed by atoms with E-state index in [1.807, 2.05) is 112 Å². The standard InChI is InChI=1S/C17H17N5O4S.C13H15N3O2.C10H3F5N2O3S.C10H7NO3.C8H18N2O2.C6HF5O.C4H3ClN2O2S.C4H4N2S.ClH/c23-16(14-12-15(26-22-14)13-6-2-1-3-7-13)18-8-5-11-21-27(24,25)17-19-9-4-10-20-17;14-7-4-8-15-13(17)11-9-12(18-16-11)10-5-2-1-3-6-10;11-4-5(12)7(14)9(8(15)6(4)13)20-21(18,19)10-16-2-1-3-17-10;12-10(13)8-6-9(14-11-8)7-4-2-1-3-5-7;1-8(2,3)12-7(11)10-6-4-5-9;7-1-2(8)4(10)6(12)5(11)3(1)9;5-10(8,9)4-6-2-1-3-7-4;7-4-5-2-1-3-6-4;/h1-4,6-7,9-10,12,21H,5,8,11H2,(H,18,23);1-3,5-6,9H,4,7-8,14H2,(H,15,17);1-3H;1-6H,(H,12,13);4-6,9H2,1-3H3,(H,10,11);12H;1-3H;1-3H,(H,5,6,7);1H. The molecule has 0 aliphatic rings. The Kier molecular flexibility index (Phi) is 41.8. The van der Waals surface area contributed by atoms with Crippen molar-refractivity contribution in [3.8, 4) is 45.5 Å². The van der Waals surface area contributed by atoms with Gasteiger partial charge in [0.25, 0.3) is 46.4 Å². The van der Waals surface area contributed by atoms with Gasteiger partial charge in [0.15, 0.2) is 44.9 Å². The number of halogens is 12. The molecular weight excluding hydrogens is 1760 g/mol. The third-order valence-electron chi connectivity index (χ3n) is 13.5. The molecule has 34 nitrogen and oxygen atoms in total. The van der Waals surface area contributed by atoms with Crippen LogP contribution in [0.25, 0.3) is 34.0 Å². The first-order valence-corrected chi connectivity index (χ1v) is 39.6. The van der Waals surface area contributed by atoms with Crippen molar-refractivity contribution in [3.05, 3.63) is 263 Å². The summed E-state index contributed by atoms with van der Waals surface area (Å²) in [4.78, 5) is 72.4. The fourth-order valence-electron chi connectivity index (χ4n) is 7.97. The number of aromatic carboxylic acids is 1. The lowest BCUT2D eigenvalue weighted by Crippen LogP contribution is -2.33. The van der Waals surface area contributed by atoms with Crippen LogP contribution in [0.2, 0.25) is 0 Å². The van der Waals surface area contributed by atoms with Gasteiger partial charge in [0.05, 0.1) is 0 Å². The SMILES string of the molecule is CC(C)(C)OC(=O)NCCCN.Cl.NCCCNC(=O)c1cc(-c2ccccc2)on1.O=C(NCCCNS(=O)(=O)c1ncccn1)c1cc(-c2ccccc2)on1.O=C(O)c1cc(-c2ccccc2)on1.O=S(=O)(Cl)c1ncccn1.O=S(=O)(Oc1c(F)c(F)c(F)c(F)c1F)c1ncccn1.Oc1c(F)c(F)c(F)c(F)c1F.S=c1nccc[nH]1. The molecule has 0 spiro atoms. The van der Waals surface area contributed by atoms with E-state index in [0.717, 1.165) is 41.9 Å². The Morgan fingerprint density at radius 2 is 0.836 bits per heavy atom. The number of phenolic OH excluding ortho intramolecular Hbond substituents is 1. The summed E-state index contributed by atoms with van der Waals surface area (Å²) in [5, 5.41) is 34.2. The molecule has 3 amide bonds. The summed E-state index contributed by atoms with van der Waals surface area (Å²) in [7, 11) is -7.56. The number of nitrogens with two attached hydrogens (primary N) is 2. The summed E-state index contributed by atoms with van der Waals surface area (Å²) in [6, 6.07) is 38.7. The molecular formula is C72H69Cl2F10N17O17S4. The number of sulfonamides is 1. The number of nitrogens with one attached hydrogen (secondary N) is 5. The zero-order valence-electron chi connectivity index (χ0n) is 63.0. The van der Waals surface area contributed by atoms with Crippen molar-refractivity contribution in [2.75, 3.05) is 39.3 Å². The van der Waals surface area contributed by atoms with Crippen molar-refractivity contribution in [1.29, 1.82) is 0 Å². The van der Waals surface area contributed by atoms with Gasteiger partial charge in [-0.3, -0.25) is 9.59 Å². The zero-order valence-corrected chi connectivity index (χ0v) is 67.9. The second kappa shape index (κ2) is 50.3. The van der Waals surface area contributed by atoms with Gasteiger partial charge in [-0.05, 0) is 89.6 Å². The Bertz CT molecular complexity index is 5600. The first kappa shape index (κ1) is 102. The Labute approximate surface area is 701 Å². The predicted octanol–water partition coefficient (Wildman–Crippen LogP) is 11.5. The number of alkyl carbamates (subject to hydrolysis) is 1. The summed E-state index contributed by atoms with van der Waals surface area (Å²) in [6.07, 6.45) is 12.2. The molecule has 652 valence electrons. The van der Waals surface area contributed by atoms with Crippen LogP contribution >= 0.6 is 35.3 Å². The van der Waals surface area contributed by atoms with Crippen LogP contribution in [0.3, 0.4) is 0 Å². The van der Waals surface area contributed by atoms with Crippen LogP contribution in [-0.4, -0.2) is 160 Å². The van der Waals surface area contributed by atoms with Gasteiger partial charge in [-0.25, -0.2) is 92.4 Å². The van der Waals surface area contributed by atoms with E-state index in [9.17, 15) is 88.3 Å². The molecule has 11 N–H and O–H groups in total. The molecule has 0 bridgehead atoms. The quantitative estimate of drug-likeness (QED) is 0.00445. The van der Waals surface area contributed by atoms with E-state index >= 15 is 0 Å². The number of carboxylic acid groups (broad SMARTS) is 1. The second-order valence-electron chi connectivity index (χ2n) is 23.6. The molecule has 0 saturated carbocycles. The maximum Gasteiger partial charge on any atom is 0.407 e. The minimum absolute atomic E-state index is 0. The topological polar surface area (TPSA) is 514 Å². The first-order chi connectivity index (χ1) is 57.3. The average Bonchev–Trinajstić information content (AvgIpc) is 0.998. The molecule has 7 aromatic heterocycles. The number of aromatic amines is 1. The number of aromatic nitrogens is 11. The number of rotatable bonds is 22. The van der Waals surface area contributed by atoms with Crippen LogP contribution in [0, 0.1) is 62.9 Å². The molecule has 7 heterocycles. The Morgan fingerprint density at radius 3 is 1.18 bits per heavy atom. The summed E-state index contributed by atoms with van der Waals surface area (Å²) >= 11 is 4.65. The van der Waals surface area contributed by atoms with E-state index in [4.69, 9.17) is 50.7 Å². The molecule has 0 atom stereocenters. The Hall–Kier alpha value is -12.8. The van der Waals surface area contributed by atoms with Crippen molar-refractivity contribution < 1.29 is 121 Å². The van der Waals surface area contributed by atoms with Gasteiger partial charge in [0.1, 0.15) is 5.60 Å². The number of ether oxygens (including phenoxy) is 1. The highest BCUT2D eigenvalue weighted by molar-refractivity contribution is 8.13. The lowest BCUT2D eigenvalue weighted by Gasteiger charge is -2.19. The van der Waals surface area contributed by atoms with Crippen LogP contribution in [-0.2, 0) is 33.9 Å². The number of amides is 3.